The van der Waals surface area contributed by atoms with Crippen LogP contribution in [0.1, 0.15) is 24.5 Å². The van der Waals surface area contributed by atoms with Crippen LogP contribution in [-0.4, -0.2) is 19.6 Å². The van der Waals surface area contributed by atoms with E-state index < -0.39 is 5.91 Å². The smallest absolute Gasteiger partial charge is 0.266 e. The number of aryl methyl sites for hydroxylation is 1. The van der Waals surface area contributed by atoms with Crippen molar-refractivity contribution >= 4 is 33.6 Å². The van der Waals surface area contributed by atoms with Crippen LogP contribution in [-0.2, 0) is 4.79 Å². The van der Waals surface area contributed by atoms with E-state index in [1.165, 1.54) is 6.08 Å². The van der Waals surface area contributed by atoms with Gasteiger partial charge in [0, 0.05) is 10.2 Å². The van der Waals surface area contributed by atoms with Crippen LogP contribution >= 0.6 is 15.9 Å². The van der Waals surface area contributed by atoms with Crippen molar-refractivity contribution in [1.82, 2.24) is 0 Å². The summed E-state index contributed by atoms with van der Waals surface area (Å²) in [6, 6.07) is 12.8. The number of anilines is 1. The molecule has 1 amide bonds. The van der Waals surface area contributed by atoms with Gasteiger partial charge in [-0.1, -0.05) is 35.0 Å². The van der Waals surface area contributed by atoms with E-state index in [1.807, 2.05) is 38.1 Å². The minimum atomic E-state index is -0.472. The number of carbonyl (C=O) groups excluding carboxylic acids is 1. The lowest BCUT2D eigenvalue weighted by atomic mass is 10.1. The molecule has 2 rings (SSSR count). The van der Waals surface area contributed by atoms with E-state index in [1.54, 1.807) is 25.3 Å². The van der Waals surface area contributed by atoms with Crippen molar-refractivity contribution in [2.45, 2.75) is 20.3 Å². The molecule has 0 spiro atoms. The van der Waals surface area contributed by atoms with Gasteiger partial charge in [0.05, 0.1) is 13.7 Å². The van der Waals surface area contributed by atoms with Crippen molar-refractivity contribution in [2.24, 2.45) is 0 Å². The molecule has 0 aliphatic rings. The molecule has 0 aromatic heterocycles. The van der Waals surface area contributed by atoms with Gasteiger partial charge >= 0.3 is 0 Å². The van der Waals surface area contributed by atoms with Crippen LogP contribution in [0, 0.1) is 18.3 Å². The summed E-state index contributed by atoms with van der Waals surface area (Å²) in [5.41, 5.74) is 2.29. The third-order valence-electron chi connectivity index (χ3n) is 3.69. The molecule has 5 nitrogen and oxygen atoms in total. The molecule has 0 radical (unpaired) electrons. The number of halogens is 1. The fourth-order valence-electron chi connectivity index (χ4n) is 2.37. The number of ether oxygens (including phenoxy) is 2. The van der Waals surface area contributed by atoms with Gasteiger partial charge in [0.1, 0.15) is 11.6 Å². The number of amides is 1. The Morgan fingerprint density at radius 2 is 2.07 bits per heavy atom. The summed E-state index contributed by atoms with van der Waals surface area (Å²) >= 11 is 3.46. The normalized spacial score (nSPS) is 10.9. The van der Waals surface area contributed by atoms with Gasteiger partial charge in [0.25, 0.3) is 5.91 Å². The van der Waals surface area contributed by atoms with Gasteiger partial charge in [-0.3, -0.25) is 4.79 Å². The highest BCUT2D eigenvalue weighted by Crippen LogP contribution is 2.34. The molecule has 0 aliphatic carbocycles. The first-order chi connectivity index (χ1) is 13.0. The number of hydrogen-bond acceptors (Lipinski definition) is 4. The molecule has 27 heavy (non-hydrogen) atoms. The van der Waals surface area contributed by atoms with Crippen LogP contribution in [0.3, 0.4) is 0 Å². The molecule has 0 saturated carbocycles. The average Bonchev–Trinajstić information content (AvgIpc) is 2.65. The van der Waals surface area contributed by atoms with Gasteiger partial charge < -0.3 is 14.8 Å². The maximum atomic E-state index is 12.5. The second-order valence-electron chi connectivity index (χ2n) is 5.87. The Morgan fingerprint density at radius 3 is 2.70 bits per heavy atom. The summed E-state index contributed by atoms with van der Waals surface area (Å²) < 4.78 is 11.7. The molecule has 140 valence electrons. The summed E-state index contributed by atoms with van der Waals surface area (Å²) in [7, 11) is 1.55. The zero-order valence-electron chi connectivity index (χ0n) is 15.5. The van der Waals surface area contributed by atoms with E-state index in [2.05, 4.69) is 21.2 Å². The number of carbonyl (C=O) groups is 1. The number of nitrogens with zero attached hydrogens (tertiary/aromatic N) is 1. The van der Waals surface area contributed by atoms with Gasteiger partial charge in [0.15, 0.2) is 11.5 Å². The van der Waals surface area contributed by atoms with Crippen molar-refractivity contribution in [1.29, 1.82) is 5.26 Å². The molecule has 2 aromatic carbocycles. The van der Waals surface area contributed by atoms with E-state index in [-0.39, 0.29) is 5.57 Å². The zero-order valence-corrected chi connectivity index (χ0v) is 17.1. The van der Waals surface area contributed by atoms with E-state index in [9.17, 15) is 10.1 Å². The largest absolute Gasteiger partial charge is 0.493 e. The highest BCUT2D eigenvalue weighted by atomic mass is 79.9. The first-order valence-electron chi connectivity index (χ1n) is 8.48. The molecule has 1 N–H and O–H groups in total. The first-order valence-corrected chi connectivity index (χ1v) is 9.28. The van der Waals surface area contributed by atoms with Crippen LogP contribution < -0.4 is 14.8 Å². The van der Waals surface area contributed by atoms with E-state index in [0.29, 0.717) is 33.8 Å². The topological polar surface area (TPSA) is 71.3 Å². The average molecular weight is 429 g/mol. The Labute approximate surface area is 167 Å². The number of nitriles is 1. The van der Waals surface area contributed by atoms with Gasteiger partial charge in [-0.25, -0.2) is 0 Å². The number of methoxy groups -OCH3 is 1. The standard InChI is InChI=1S/C21H21BrN2O3/c1-4-8-27-20-12-18(22)15(11-19(20)26-3)10-16(13-23)21(25)24-17-7-5-6-14(2)9-17/h5-7,9-12H,4,8H2,1-3H3,(H,24,25)/b16-10+. The molecule has 0 heterocycles. The predicted octanol–water partition coefficient (Wildman–Crippen LogP) is 5.10. The lowest BCUT2D eigenvalue weighted by Gasteiger charge is -2.12. The Morgan fingerprint density at radius 1 is 1.30 bits per heavy atom. The van der Waals surface area contributed by atoms with Crippen LogP contribution in [0.2, 0.25) is 0 Å². The Kier molecular flexibility index (Phi) is 7.44. The van der Waals surface area contributed by atoms with Crippen molar-refractivity contribution in [3.8, 4) is 17.6 Å². The Bertz CT molecular complexity index is 901. The summed E-state index contributed by atoms with van der Waals surface area (Å²) in [4.78, 5) is 12.5. The SMILES string of the molecule is CCCOc1cc(Br)c(/C=C(\C#N)C(=O)Nc2cccc(C)c2)cc1OC. The van der Waals surface area contributed by atoms with Crippen molar-refractivity contribution in [3.05, 3.63) is 57.6 Å². The lowest BCUT2D eigenvalue weighted by molar-refractivity contribution is -0.112. The fourth-order valence-corrected chi connectivity index (χ4v) is 2.81. The fraction of sp³-hybridized carbons (Fsp3) is 0.238. The number of benzene rings is 2. The molecule has 6 heteroatoms. The van der Waals surface area contributed by atoms with E-state index in [0.717, 1.165) is 12.0 Å². The highest BCUT2D eigenvalue weighted by molar-refractivity contribution is 9.10. The van der Waals surface area contributed by atoms with Gasteiger partial charge in [-0.05, 0) is 54.8 Å². The Balaban J connectivity index is 2.30. The molecule has 2 aromatic rings. The summed E-state index contributed by atoms with van der Waals surface area (Å²) in [5, 5.41) is 12.2. The molecular formula is C21H21BrN2O3. The zero-order chi connectivity index (χ0) is 19.8. The van der Waals surface area contributed by atoms with Crippen LogP contribution in [0.5, 0.6) is 11.5 Å². The third kappa shape index (κ3) is 5.60. The van der Waals surface area contributed by atoms with Gasteiger partial charge in [-0.2, -0.15) is 5.26 Å². The lowest BCUT2D eigenvalue weighted by Crippen LogP contribution is -2.13. The molecular weight excluding hydrogens is 408 g/mol. The second-order valence-corrected chi connectivity index (χ2v) is 6.72. The maximum Gasteiger partial charge on any atom is 0.266 e. The quantitative estimate of drug-likeness (QED) is 0.491. The second kappa shape index (κ2) is 9.79. The van der Waals surface area contributed by atoms with Crippen molar-refractivity contribution < 1.29 is 14.3 Å². The van der Waals surface area contributed by atoms with Crippen LogP contribution in [0.25, 0.3) is 6.08 Å². The molecule has 0 fully saturated rings. The van der Waals surface area contributed by atoms with E-state index in [4.69, 9.17) is 9.47 Å². The minimum absolute atomic E-state index is 0.0125. The van der Waals surface area contributed by atoms with Crippen molar-refractivity contribution in [2.75, 3.05) is 19.0 Å². The molecule has 0 unspecified atom stereocenters. The monoisotopic (exact) mass is 428 g/mol. The van der Waals surface area contributed by atoms with Gasteiger partial charge in [0.2, 0.25) is 0 Å². The van der Waals surface area contributed by atoms with Crippen molar-refractivity contribution in [3.63, 3.8) is 0 Å². The summed E-state index contributed by atoms with van der Waals surface area (Å²) in [5.74, 6) is 0.667. The molecule has 0 atom stereocenters. The maximum absolute atomic E-state index is 12.5. The molecule has 0 saturated heterocycles. The number of rotatable bonds is 7. The van der Waals surface area contributed by atoms with Crippen LogP contribution in [0.4, 0.5) is 5.69 Å². The third-order valence-corrected chi connectivity index (χ3v) is 4.37. The summed E-state index contributed by atoms with van der Waals surface area (Å²) in [6.07, 6.45) is 2.39. The van der Waals surface area contributed by atoms with E-state index >= 15 is 0 Å². The number of hydrogen-bond donors (Lipinski definition) is 1. The summed E-state index contributed by atoms with van der Waals surface area (Å²) in [6.45, 7) is 4.52. The minimum Gasteiger partial charge on any atom is -0.493 e. The Hall–Kier alpha value is -2.78. The predicted molar refractivity (Wildman–Crippen MR) is 110 cm³/mol. The highest BCUT2D eigenvalue weighted by Gasteiger charge is 2.14. The van der Waals surface area contributed by atoms with Crippen LogP contribution in [0.15, 0.2) is 46.4 Å². The molecule has 0 aliphatic heterocycles. The number of nitrogens with one attached hydrogen (secondary N) is 1. The molecule has 0 bridgehead atoms. The first kappa shape index (κ1) is 20.5. The van der Waals surface area contributed by atoms with Gasteiger partial charge in [-0.15, -0.1) is 0 Å².